The van der Waals surface area contributed by atoms with Gasteiger partial charge in [0.15, 0.2) is 0 Å². The number of rotatable bonds is 31. The van der Waals surface area contributed by atoms with Gasteiger partial charge in [-0.25, -0.2) is 0 Å². The summed E-state index contributed by atoms with van der Waals surface area (Å²) in [5, 5.41) is 32.9. The second-order valence-electron chi connectivity index (χ2n) is 12.1. The number of carbonyl (C=O) groups is 1. The van der Waals surface area contributed by atoms with Crippen LogP contribution in [0.25, 0.3) is 0 Å². The third-order valence-corrected chi connectivity index (χ3v) is 7.98. The lowest BCUT2D eigenvalue weighted by molar-refractivity contribution is -0.131. The van der Waals surface area contributed by atoms with Crippen molar-refractivity contribution in [3.63, 3.8) is 0 Å². The summed E-state index contributed by atoms with van der Waals surface area (Å²) in [6.45, 7) is 4.12. The first-order valence-electron chi connectivity index (χ1n) is 17.8. The Hall–Kier alpha value is -1.43. The minimum absolute atomic E-state index is 0.368. The molecule has 42 heavy (non-hydrogen) atoms. The minimum atomic E-state index is -1.10. The zero-order valence-electron chi connectivity index (χ0n) is 27.6. The fourth-order valence-corrected chi connectivity index (χ4v) is 5.09. The van der Waals surface area contributed by atoms with Crippen LogP contribution >= 0.6 is 0 Å². The van der Waals surface area contributed by atoms with Crippen LogP contribution in [0.1, 0.15) is 168 Å². The molecule has 0 rings (SSSR count). The molecular weight excluding hydrogens is 522 g/mol. The largest absolute Gasteiger partial charge is 0.394 e. The second kappa shape index (κ2) is 32.5. The predicted molar refractivity (Wildman–Crippen MR) is 181 cm³/mol. The van der Waals surface area contributed by atoms with Gasteiger partial charge in [0.2, 0.25) is 5.91 Å². The lowest BCUT2D eigenvalue weighted by Gasteiger charge is -2.21. The number of hydrogen-bond donors (Lipinski definition) is 4. The Morgan fingerprint density at radius 2 is 1.02 bits per heavy atom. The smallest absolute Gasteiger partial charge is 0.249 e. The summed E-state index contributed by atoms with van der Waals surface area (Å²) in [7, 11) is 0. The molecule has 0 aromatic carbocycles. The zero-order valence-corrected chi connectivity index (χ0v) is 27.6. The third-order valence-electron chi connectivity index (χ3n) is 7.98. The number of allylic oxidation sites excluding steroid dienone is 5. The van der Waals surface area contributed by atoms with Gasteiger partial charge in [-0.15, -0.1) is 0 Å². The van der Waals surface area contributed by atoms with E-state index in [2.05, 4.69) is 43.5 Å². The molecule has 1 amide bonds. The molecular formula is C37H69NO4. The van der Waals surface area contributed by atoms with Crippen molar-refractivity contribution in [1.29, 1.82) is 0 Å². The van der Waals surface area contributed by atoms with Crippen molar-refractivity contribution >= 4 is 5.91 Å². The van der Waals surface area contributed by atoms with Crippen LogP contribution in [-0.4, -0.2) is 46.1 Å². The van der Waals surface area contributed by atoms with Gasteiger partial charge in [0.1, 0.15) is 6.10 Å². The van der Waals surface area contributed by atoms with E-state index in [0.29, 0.717) is 6.42 Å². The summed E-state index contributed by atoms with van der Waals surface area (Å²) >= 11 is 0. The molecule has 0 saturated heterocycles. The Kier molecular flexibility index (Phi) is 31.4. The number of nitrogens with one attached hydrogen (secondary N) is 1. The maximum atomic E-state index is 12.4. The third kappa shape index (κ3) is 27.4. The van der Waals surface area contributed by atoms with Gasteiger partial charge in [-0.3, -0.25) is 4.79 Å². The molecule has 4 N–H and O–H groups in total. The fraction of sp³-hybridized carbons (Fsp3) is 0.811. The van der Waals surface area contributed by atoms with Gasteiger partial charge >= 0.3 is 0 Å². The molecule has 5 nitrogen and oxygen atoms in total. The van der Waals surface area contributed by atoms with Gasteiger partial charge in [0.25, 0.3) is 0 Å². The lowest BCUT2D eigenvalue weighted by Crippen LogP contribution is -2.48. The molecule has 0 aromatic heterocycles. The van der Waals surface area contributed by atoms with Crippen molar-refractivity contribution in [3.05, 3.63) is 36.5 Å². The number of amides is 1. The van der Waals surface area contributed by atoms with E-state index in [1.54, 1.807) is 6.08 Å². The van der Waals surface area contributed by atoms with E-state index in [1.807, 2.05) is 6.08 Å². The Balaban J connectivity index is 3.80. The Morgan fingerprint density at radius 1 is 0.595 bits per heavy atom. The molecule has 3 atom stereocenters. The minimum Gasteiger partial charge on any atom is -0.394 e. The van der Waals surface area contributed by atoms with Gasteiger partial charge in [0.05, 0.1) is 18.8 Å². The molecule has 0 radical (unpaired) electrons. The van der Waals surface area contributed by atoms with E-state index in [0.717, 1.165) is 44.9 Å². The molecule has 246 valence electrons. The van der Waals surface area contributed by atoms with Crippen LogP contribution in [0.3, 0.4) is 0 Å². The molecule has 0 fully saturated rings. The van der Waals surface area contributed by atoms with Crippen molar-refractivity contribution < 1.29 is 20.1 Å². The van der Waals surface area contributed by atoms with E-state index < -0.39 is 24.2 Å². The van der Waals surface area contributed by atoms with Gasteiger partial charge in [0, 0.05) is 0 Å². The van der Waals surface area contributed by atoms with Crippen LogP contribution in [0.4, 0.5) is 0 Å². The average molecular weight is 592 g/mol. The maximum absolute atomic E-state index is 12.4. The highest BCUT2D eigenvalue weighted by Crippen LogP contribution is 2.13. The molecule has 3 unspecified atom stereocenters. The highest BCUT2D eigenvalue weighted by Gasteiger charge is 2.22. The van der Waals surface area contributed by atoms with E-state index in [-0.39, 0.29) is 6.61 Å². The molecule has 0 aliphatic rings. The number of unbranched alkanes of at least 4 members (excludes halogenated alkanes) is 19. The Labute approximate surface area is 260 Å². The van der Waals surface area contributed by atoms with Crippen molar-refractivity contribution in [3.8, 4) is 0 Å². The molecule has 0 aromatic rings. The SMILES string of the molecule is CCCCC/C=C\C/C=C\CCCCCCCCC(O)C(=O)NC(CO)C(O)/C=C/CCCCCCCCCCCC. The zero-order chi connectivity index (χ0) is 30.9. The van der Waals surface area contributed by atoms with Gasteiger partial charge in [-0.1, -0.05) is 153 Å². The molecule has 0 bridgehead atoms. The topological polar surface area (TPSA) is 89.8 Å². The van der Waals surface area contributed by atoms with Crippen molar-refractivity contribution in [2.45, 2.75) is 186 Å². The maximum Gasteiger partial charge on any atom is 0.249 e. The molecule has 0 aliphatic heterocycles. The van der Waals surface area contributed by atoms with E-state index >= 15 is 0 Å². The van der Waals surface area contributed by atoms with Crippen LogP contribution in [-0.2, 0) is 4.79 Å². The predicted octanol–water partition coefficient (Wildman–Crippen LogP) is 9.26. The summed E-state index contributed by atoms with van der Waals surface area (Å²) in [6, 6.07) is -0.799. The summed E-state index contributed by atoms with van der Waals surface area (Å²) in [5.74, 6) is -0.515. The van der Waals surface area contributed by atoms with Crippen LogP contribution in [0.2, 0.25) is 0 Å². The first-order chi connectivity index (χ1) is 20.6. The molecule has 5 heteroatoms. The van der Waals surface area contributed by atoms with Crippen LogP contribution < -0.4 is 5.32 Å². The van der Waals surface area contributed by atoms with Gasteiger partial charge in [-0.05, 0) is 51.4 Å². The lowest BCUT2D eigenvalue weighted by atomic mass is 10.0. The summed E-state index contributed by atoms with van der Waals surface area (Å²) in [6.07, 6.45) is 38.6. The molecule has 0 aliphatic carbocycles. The Bertz CT molecular complexity index is 660. The van der Waals surface area contributed by atoms with Crippen molar-refractivity contribution in [2.75, 3.05) is 6.61 Å². The van der Waals surface area contributed by atoms with E-state index in [4.69, 9.17) is 0 Å². The molecule has 0 heterocycles. The van der Waals surface area contributed by atoms with Crippen molar-refractivity contribution in [1.82, 2.24) is 5.32 Å². The first kappa shape index (κ1) is 40.6. The number of hydrogen-bond acceptors (Lipinski definition) is 4. The fourth-order valence-electron chi connectivity index (χ4n) is 5.09. The highest BCUT2D eigenvalue weighted by molar-refractivity contribution is 5.80. The average Bonchev–Trinajstić information content (AvgIpc) is 2.99. The summed E-state index contributed by atoms with van der Waals surface area (Å²) in [5.41, 5.74) is 0. The van der Waals surface area contributed by atoms with Gasteiger partial charge in [-0.2, -0.15) is 0 Å². The quantitative estimate of drug-likeness (QED) is 0.0478. The summed E-state index contributed by atoms with van der Waals surface area (Å²) < 4.78 is 0. The number of aliphatic hydroxyl groups is 3. The van der Waals surface area contributed by atoms with Crippen LogP contribution in [0.5, 0.6) is 0 Å². The monoisotopic (exact) mass is 592 g/mol. The number of aliphatic hydroxyl groups excluding tert-OH is 3. The van der Waals surface area contributed by atoms with Crippen molar-refractivity contribution in [2.24, 2.45) is 0 Å². The van der Waals surface area contributed by atoms with Gasteiger partial charge < -0.3 is 20.6 Å². The highest BCUT2D eigenvalue weighted by atomic mass is 16.3. The van der Waals surface area contributed by atoms with E-state index in [9.17, 15) is 20.1 Å². The standard InChI is InChI=1S/C37H69NO4/c1-3-5-7-9-11-13-15-17-18-19-20-22-24-26-28-30-32-36(41)37(42)38-34(33-39)35(40)31-29-27-25-23-21-16-14-12-10-8-6-4-2/h11,13,17-18,29,31,34-36,39-41H,3-10,12,14-16,19-28,30,32-33H2,1-2H3,(H,38,42)/b13-11-,18-17-,31-29+. The number of carbonyl (C=O) groups excluding carboxylic acids is 1. The molecule has 0 saturated carbocycles. The summed E-state index contributed by atoms with van der Waals surface area (Å²) in [4.78, 5) is 12.4. The van der Waals surface area contributed by atoms with Crippen LogP contribution in [0.15, 0.2) is 36.5 Å². The second-order valence-corrected chi connectivity index (χ2v) is 12.1. The van der Waals surface area contributed by atoms with E-state index in [1.165, 1.54) is 103 Å². The first-order valence-corrected chi connectivity index (χ1v) is 17.8. The Morgan fingerprint density at radius 3 is 1.55 bits per heavy atom. The molecule has 0 spiro atoms. The van der Waals surface area contributed by atoms with Crippen LogP contribution in [0, 0.1) is 0 Å². The normalized spacial score (nSPS) is 14.3.